The van der Waals surface area contributed by atoms with E-state index in [1.807, 2.05) is 0 Å². The summed E-state index contributed by atoms with van der Waals surface area (Å²) in [6.07, 6.45) is 1.69. The van der Waals surface area contributed by atoms with E-state index in [-0.39, 0.29) is 0 Å². The minimum Gasteiger partial charge on any atom is -0.330 e. The Kier molecular flexibility index (Phi) is 3.86. The molecule has 0 saturated heterocycles. The molecule has 0 rings (SSSR count). The molecular weight excluding hydrogens is 64.0 g/mol. The highest BCUT2D eigenvalue weighted by Crippen LogP contribution is 1.58. The second kappa shape index (κ2) is 3.92. The van der Waals surface area contributed by atoms with E-state index in [1.165, 1.54) is 0 Å². The molecule has 2 heteroatoms. The lowest BCUT2D eigenvalue weighted by Crippen LogP contribution is -2.02. The highest BCUT2D eigenvalue weighted by Gasteiger charge is 1.69. The lowest BCUT2D eigenvalue weighted by atomic mass is 10.4. The zero-order valence-electron chi connectivity index (χ0n) is 3.07. The average Bonchev–Trinajstić information content (AvgIpc) is 1.41. The Labute approximate surface area is 32.1 Å². The van der Waals surface area contributed by atoms with Crippen molar-refractivity contribution in [1.82, 2.24) is 5.73 Å². The fourth-order valence-electron chi connectivity index (χ4n) is 0.0833. The minimum atomic E-state index is 0.344. The van der Waals surface area contributed by atoms with Crippen molar-refractivity contribution < 1.29 is 0 Å². The van der Waals surface area contributed by atoms with Crippen molar-refractivity contribution in [2.45, 2.75) is 0 Å². The van der Waals surface area contributed by atoms with Gasteiger partial charge in [-0.15, -0.1) is 0 Å². The van der Waals surface area contributed by atoms with Crippen LogP contribution in [0.1, 0.15) is 0 Å². The van der Waals surface area contributed by atoms with Crippen LogP contribution in [0.2, 0.25) is 0 Å². The predicted octanol–water partition coefficient (Wildman–Crippen LogP) is -0.568. The molecule has 5 heavy (non-hydrogen) atoms. The smallest absolute Gasteiger partial charge is 0.0144 e. The van der Waals surface area contributed by atoms with Gasteiger partial charge in [0.1, 0.15) is 0 Å². The van der Waals surface area contributed by atoms with Gasteiger partial charge in [0, 0.05) is 6.54 Å². The molecule has 0 saturated carbocycles. The molecule has 0 bridgehead atoms. The molecule has 2 radical (unpaired) electrons. The zero-order chi connectivity index (χ0) is 4.12. The summed E-state index contributed by atoms with van der Waals surface area (Å²) in [5.74, 6) is 0. The van der Waals surface area contributed by atoms with E-state index in [1.54, 1.807) is 6.42 Å². The first kappa shape index (κ1) is 4.92. The van der Waals surface area contributed by atoms with Crippen LogP contribution in [0.5, 0.6) is 0 Å². The van der Waals surface area contributed by atoms with E-state index in [9.17, 15) is 0 Å². The molecule has 0 amide bonds. The quantitative estimate of drug-likeness (QED) is 0.466. The Morgan fingerprint density at radius 3 is 2.40 bits per heavy atom. The molecule has 0 aromatic rings. The van der Waals surface area contributed by atoms with Crippen LogP contribution in [0, 0.1) is 6.42 Å². The highest BCUT2D eigenvalue weighted by atomic mass is 14.6. The number of nitrogens with two attached hydrogens (primary N) is 1. The molecule has 0 aromatic heterocycles. The molecule has 0 aliphatic heterocycles. The molecule has 0 fully saturated rings. The number of nitrogens with one attached hydrogen (secondary N) is 1. The van der Waals surface area contributed by atoms with Crippen LogP contribution in [0.25, 0.3) is 0 Å². The van der Waals surface area contributed by atoms with Gasteiger partial charge in [-0.2, -0.15) is 0 Å². The Hall–Kier alpha value is -0.0800. The lowest BCUT2D eigenvalue weighted by molar-refractivity contribution is 1.01. The van der Waals surface area contributed by atoms with Gasteiger partial charge in [0.15, 0.2) is 0 Å². The summed E-state index contributed by atoms with van der Waals surface area (Å²) in [4.78, 5) is 0. The summed E-state index contributed by atoms with van der Waals surface area (Å²) < 4.78 is 0. The van der Waals surface area contributed by atoms with Gasteiger partial charge in [0.05, 0.1) is 0 Å². The molecule has 0 atom stereocenters. The molecule has 2 nitrogen and oxygen atoms in total. The Morgan fingerprint density at radius 1 is 1.80 bits per heavy atom. The van der Waals surface area contributed by atoms with Gasteiger partial charge in [-0.05, 0) is 13.0 Å². The van der Waals surface area contributed by atoms with Crippen molar-refractivity contribution in [3.8, 4) is 0 Å². The van der Waals surface area contributed by atoms with Gasteiger partial charge in [-0.25, -0.2) is 0 Å². The third kappa shape index (κ3) is 3.92. The molecule has 0 heterocycles. The van der Waals surface area contributed by atoms with Crippen molar-refractivity contribution >= 4 is 0 Å². The average molecular weight is 72.1 g/mol. The van der Waals surface area contributed by atoms with E-state index in [4.69, 9.17) is 11.5 Å². The Bertz CT molecular complexity index is 12.4. The molecule has 0 aliphatic rings. The van der Waals surface area contributed by atoms with Crippen molar-refractivity contribution in [3.05, 3.63) is 6.42 Å². The van der Waals surface area contributed by atoms with E-state index in [0.717, 1.165) is 0 Å². The van der Waals surface area contributed by atoms with Crippen LogP contribution >= 0.6 is 0 Å². The standard InChI is InChI=1S/C3H8N2/c4-2-1-3-5/h1,4H,2-3,5H2. The normalized spacial score (nSPS) is 8.40. The van der Waals surface area contributed by atoms with E-state index >= 15 is 0 Å². The number of rotatable bonds is 2. The van der Waals surface area contributed by atoms with Gasteiger partial charge < -0.3 is 5.73 Å². The van der Waals surface area contributed by atoms with Crippen LogP contribution in [0.15, 0.2) is 0 Å². The SMILES string of the molecule is [NH]C[CH]CN. The Morgan fingerprint density at radius 2 is 2.40 bits per heavy atom. The minimum absolute atomic E-state index is 0.344. The Balaban J connectivity index is 2.19. The van der Waals surface area contributed by atoms with E-state index < -0.39 is 0 Å². The summed E-state index contributed by atoms with van der Waals surface area (Å²) in [5.41, 5.74) is 11.4. The van der Waals surface area contributed by atoms with Crippen molar-refractivity contribution in [2.24, 2.45) is 5.73 Å². The van der Waals surface area contributed by atoms with Gasteiger partial charge in [0.2, 0.25) is 0 Å². The number of hydrogen-bond acceptors (Lipinski definition) is 1. The van der Waals surface area contributed by atoms with Crippen LogP contribution in [-0.2, 0) is 0 Å². The summed E-state index contributed by atoms with van der Waals surface area (Å²) in [6, 6.07) is 0. The summed E-state index contributed by atoms with van der Waals surface area (Å²) in [7, 11) is 0. The maximum absolute atomic E-state index is 6.47. The zero-order valence-corrected chi connectivity index (χ0v) is 3.07. The summed E-state index contributed by atoms with van der Waals surface area (Å²) in [6.45, 7) is 0.875. The van der Waals surface area contributed by atoms with Crippen LogP contribution < -0.4 is 11.5 Å². The second-order valence-electron chi connectivity index (χ2n) is 0.729. The third-order valence-electron chi connectivity index (χ3n) is 0.311. The summed E-state index contributed by atoms with van der Waals surface area (Å²) in [5, 5.41) is 0. The molecule has 3 N–H and O–H groups in total. The van der Waals surface area contributed by atoms with Crippen LogP contribution in [-0.4, -0.2) is 13.1 Å². The molecule has 0 unspecified atom stereocenters. The van der Waals surface area contributed by atoms with Crippen molar-refractivity contribution in [1.29, 1.82) is 0 Å². The first-order valence-electron chi connectivity index (χ1n) is 1.58. The van der Waals surface area contributed by atoms with Crippen LogP contribution in [0.4, 0.5) is 0 Å². The van der Waals surface area contributed by atoms with Gasteiger partial charge in [-0.1, -0.05) is 0 Å². The first-order chi connectivity index (χ1) is 2.41. The molecule has 0 spiro atoms. The molecular formula is C3H8N2. The fourth-order valence-corrected chi connectivity index (χ4v) is 0.0833. The van der Waals surface area contributed by atoms with Gasteiger partial charge in [0.25, 0.3) is 0 Å². The first-order valence-corrected chi connectivity index (χ1v) is 1.58. The topological polar surface area (TPSA) is 49.8 Å². The monoisotopic (exact) mass is 72.1 g/mol. The van der Waals surface area contributed by atoms with E-state index in [2.05, 4.69) is 0 Å². The maximum atomic E-state index is 6.47. The molecule has 0 aromatic carbocycles. The van der Waals surface area contributed by atoms with Gasteiger partial charge >= 0.3 is 0 Å². The maximum Gasteiger partial charge on any atom is 0.0144 e. The van der Waals surface area contributed by atoms with Crippen molar-refractivity contribution in [2.75, 3.05) is 13.1 Å². The van der Waals surface area contributed by atoms with Gasteiger partial charge in [-0.3, -0.25) is 5.73 Å². The second-order valence-corrected chi connectivity index (χ2v) is 0.729. The third-order valence-corrected chi connectivity index (χ3v) is 0.311. The van der Waals surface area contributed by atoms with E-state index in [0.29, 0.717) is 13.1 Å². The van der Waals surface area contributed by atoms with Crippen molar-refractivity contribution in [3.63, 3.8) is 0 Å². The summed E-state index contributed by atoms with van der Waals surface area (Å²) >= 11 is 0. The largest absolute Gasteiger partial charge is 0.330 e. The fraction of sp³-hybridized carbons (Fsp3) is 0.667. The number of hydrogen-bond donors (Lipinski definition) is 1. The highest BCUT2D eigenvalue weighted by molar-refractivity contribution is 4.62. The lowest BCUT2D eigenvalue weighted by Gasteiger charge is -1.79. The molecule has 0 aliphatic carbocycles. The molecule has 30 valence electrons. The van der Waals surface area contributed by atoms with Crippen LogP contribution in [0.3, 0.4) is 0 Å². The predicted molar refractivity (Wildman–Crippen MR) is 21.3 cm³/mol.